The standard InChI is InChI=1S/C8H10FNO/c1-5(11)6-3-2-4-7(9)8(6)10/h2-5,11H,10H2,1H3/t5-/m0/s1. The molecule has 0 heterocycles. The molecule has 1 aromatic rings. The maximum absolute atomic E-state index is 12.7. The number of nitrogen functional groups attached to an aromatic ring is 1. The Bertz CT molecular complexity index is 260. The first-order chi connectivity index (χ1) is 5.13. The summed E-state index contributed by atoms with van der Waals surface area (Å²) in [5.41, 5.74) is 5.81. The number of halogens is 1. The largest absolute Gasteiger partial charge is 0.396 e. The van der Waals surface area contributed by atoms with Crippen molar-refractivity contribution in [3.8, 4) is 0 Å². The third-order valence-corrected chi connectivity index (χ3v) is 1.54. The number of hydrogen-bond acceptors (Lipinski definition) is 2. The van der Waals surface area contributed by atoms with Gasteiger partial charge in [-0.3, -0.25) is 0 Å². The highest BCUT2D eigenvalue weighted by Gasteiger charge is 2.07. The number of para-hydroxylation sites is 1. The maximum Gasteiger partial charge on any atom is 0.146 e. The minimum Gasteiger partial charge on any atom is -0.396 e. The Morgan fingerprint density at radius 3 is 2.64 bits per heavy atom. The Morgan fingerprint density at radius 2 is 2.18 bits per heavy atom. The second-order valence-electron chi connectivity index (χ2n) is 2.42. The van der Waals surface area contributed by atoms with Crippen molar-refractivity contribution in [3.05, 3.63) is 29.6 Å². The van der Waals surface area contributed by atoms with Gasteiger partial charge in [-0.1, -0.05) is 12.1 Å². The highest BCUT2D eigenvalue weighted by molar-refractivity contribution is 5.48. The van der Waals surface area contributed by atoms with Crippen LogP contribution in [0.3, 0.4) is 0 Å². The monoisotopic (exact) mass is 155 g/mol. The van der Waals surface area contributed by atoms with Gasteiger partial charge in [-0.05, 0) is 13.0 Å². The van der Waals surface area contributed by atoms with Crippen LogP contribution in [0.4, 0.5) is 10.1 Å². The third kappa shape index (κ3) is 1.49. The van der Waals surface area contributed by atoms with Crippen molar-refractivity contribution in [3.63, 3.8) is 0 Å². The third-order valence-electron chi connectivity index (χ3n) is 1.54. The summed E-state index contributed by atoms with van der Waals surface area (Å²) in [7, 11) is 0. The predicted molar refractivity (Wildman–Crippen MR) is 41.4 cm³/mol. The minimum atomic E-state index is -0.717. The minimum absolute atomic E-state index is 0.0301. The van der Waals surface area contributed by atoms with Crippen molar-refractivity contribution in [1.29, 1.82) is 0 Å². The van der Waals surface area contributed by atoms with Crippen LogP contribution in [-0.4, -0.2) is 5.11 Å². The summed E-state index contributed by atoms with van der Waals surface area (Å²) in [6.07, 6.45) is -0.717. The van der Waals surface area contributed by atoms with E-state index in [2.05, 4.69) is 0 Å². The Morgan fingerprint density at radius 1 is 1.55 bits per heavy atom. The second kappa shape index (κ2) is 2.88. The summed E-state index contributed by atoms with van der Waals surface area (Å²) in [6.45, 7) is 1.55. The van der Waals surface area contributed by atoms with Crippen LogP contribution in [0.25, 0.3) is 0 Å². The lowest BCUT2D eigenvalue weighted by Crippen LogP contribution is -2.00. The van der Waals surface area contributed by atoms with Gasteiger partial charge in [0.15, 0.2) is 0 Å². The van der Waals surface area contributed by atoms with E-state index >= 15 is 0 Å². The van der Waals surface area contributed by atoms with Crippen LogP contribution < -0.4 is 5.73 Å². The van der Waals surface area contributed by atoms with Crippen molar-refractivity contribution in [2.75, 3.05) is 5.73 Å². The highest BCUT2D eigenvalue weighted by Crippen LogP contribution is 2.21. The molecule has 0 radical (unpaired) electrons. The first kappa shape index (κ1) is 8.01. The molecule has 0 aliphatic heterocycles. The molecular weight excluding hydrogens is 145 g/mol. The van der Waals surface area contributed by atoms with E-state index in [4.69, 9.17) is 10.8 Å². The zero-order valence-corrected chi connectivity index (χ0v) is 6.21. The lowest BCUT2D eigenvalue weighted by atomic mass is 10.1. The fraction of sp³-hybridized carbons (Fsp3) is 0.250. The molecule has 0 bridgehead atoms. The Kier molecular flexibility index (Phi) is 2.10. The summed E-state index contributed by atoms with van der Waals surface area (Å²) in [5, 5.41) is 9.08. The maximum atomic E-state index is 12.7. The summed E-state index contributed by atoms with van der Waals surface area (Å²) in [6, 6.07) is 4.39. The number of nitrogens with two attached hydrogens (primary N) is 1. The molecule has 2 nitrogen and oxygen atoms in total. The molecule has 0 aromatic heterocycles. The first-order valence-corrected chi connectivity index (χ1v) is 3.35. The van der Waals surface area contributed by atoms with E-state index in [-0.39, 0.29) is 5.69 Å². The van der Waals surface area contributed by atoms with Gasteiger partial charge in [0.2, 0.25) is 0 Å². The van der Waals surface area contributed by atoms with Crippen LogP contribution in [0.1, 0.15) is 18.6 Å². The number of hydrogen-bond donors (Lipinski definition) is 2. The molecule has 0 amide bonds. The zero-order chi connectivity index (χ0) is 8.43. The molecule has 1 atom stereocenters. The van der Waals surface area contributed by atoms with E-state index in [0.717, 1.165) is 0 Å². The molecule has 0 saturated heterocycles. The number of benzene rings is 1. The highest BCUT2D eigenvalue weighted by atomic mass is 19.1. The summed E-state index contributed by atoms with van der Waals surface area (Å²) in [4.78, 5) is 0. The number of rotatable bonds is 1. The van der Waals surface area contributed by atoms with Crippen LogP contribution in [-0.2, 0) is 0 Å². The average molecular weight is 155 g/mol. The molecular formula is C8H10FNO. The quantitative estimate of drug-likeness (QED) is 0.603. The molecule has 3 N–H and O–H groups in total. The average Bonchev–Trinajstić information content (AvgIpc) is 1.94. The van der Waals surface area contributed by atoms with E-state index in [9.17, 15) is 4.39 Å². The van der Waals surface area contributed by atoms with Gasteiger partial charge in [0.05, 0.1) is 11.8 Å². The van der Waals surface area contributed by atoms with E-state index in [1.165, 1.54) is 12.1 Å². The molecule has 0 unspecified atom stereocenters. The smallest absolute Gasteiger partial charge is 0.146 e. The van der Waals surface area contributed by atoms with Gasteiger partial charge in [-0.25, -0.2) is 4.39 Å². The van der Waals surface area contributed by atoms with Crippen molar-refractivity contribution in [2.45, 2.75) is 13.0 Å². The van der Waals surface area contributed by atoms with Gasteiger partial charge >= 0.3 is 0 Å². The van der Waals surface area contributed by atoms with Crippen molar-refractivity contribution in [1.82, 2.24) is 0 Å². The molecule has 60 valence electrons. The Balaban J connectivity index is 3.17. The fourth-order valence-corrected chi connectivity index (χ4v) is 0.918. The molecule has 1 aromatic carbocycles. The van der Waals surface area contributed by atoms with Crippen LogP contribution >= 0.6 is 0 Å². The van der Waals surface area contributed by atoms with E-state index in [1.807, 2.05) is 0 Å². The van der Waals surface area contributed by atoms with Crippen LogP contribution in [0, 0.1) is 5.82 Å². The molecule has 0 fully saturated rings. The zero-order valence-electron chi connectivity index (χ0n) is 6.21. The van der Waals surface area contributed by atoms with Gasteiger partial charge in [-0.2, -0.15) is 0 Å². The molecule has 0 saturated carbocycles. The second-order valence-corrected chi connectivity index (χ2v) is 2.42. The molecule has 0 spiro atoms. The molecule has 0 aliphatic carbocycles. The lowest BCUT2D eigenvalue weighted by molar-refractivity contribution is 0.199. The van der Waals surface area contributed by atoms with Gasteiger partial charge in [-0.15, -0.1) is 0 Å². The SMILES string of the molecule is C[C@H](O)c1cccc(F)c1N. The number of aliphatic hydroxyl groups is 1. The summed E-state index contributed by atoms with van der Waals surface area (Å²) in [5.74, 6) is -0.483. The lowest BCUT2D eigenvalue weighted by Gasteiger charge is -2.07. The Hall–Kier alpha value is -1.09. The van der Waals surface area contributed by atoms with Crippen LogP contribution in [0.2, 0.25) is 0 Å². The topological polar surface area (TPSA) is 46.2 Å². The van der Waals surface area contributed by atoms with Gasteiger partial charge < -0.3 is 10.8 Å². The predicted octanol–water partition coefficient (Wildman–Crippen LogP) is 1.46. The van der Waals surface area contributed by atoms with E-state index < -0.39 is 11.9 Å². The van der Waals surface area contributed by atoms with E-state index in [1.54, 1.807) is 13.0 Å². The molecule has 11 heavy (non-hydrogen) atoms. The van der Waals surface area contributed by atoms with Crippen LogP contribution in [0.5, 0.6) is 0 Å². The normalized spacial score (nSPS) is 13.0. The summed E-state index contributed by atoms with van der Waals surface area (Å²) < 4.78 is 12.7. The van der Waals surface area contributed by atoms with Crippen LogP contribution in [0.15, 0.2) is 18.2 Å². The number of aliphatic hydroxyl groups excluding tert-OH is 1. The van der Waals surface area contributed by atoms with Gasteiger partial charge in [0.25, 0.3) is 0 Å². The number of anilines is 1. The van der Waals surface area contributed by atoms with Crippen molar-refractivity contribution in [2.24, 2.45) is 0 Å². The molecule has 3 heteroatoms. The van der Waals surface area contributed by atoms with Gasteiger partial charge in [0, 0.05) is 5.56 Å². The van der Waals surface area contributed by atoms with Crippen molar-refractivity contribution < 1.29 is 9.50 Å². The van der Waals surface area contributed by atoms with Gasteiger partial charge in [0.1, 0.15) is 5.82 Å². The van der Waals surface area contributed by atoms with E-state index in [0.29, 0.717) is 5.56 Å². The Labute approximate surface area is 64.5 Å². The van der Waals surface area contributed by atoms with Crippen molar-refractivity contribution >= 4 is 5.69 Å². The first-order valence-electron chi connectivity index (χ1n) is 3.35. The molecule has 1 rings (SSSR count). The fourth-order valence-electron chi connectivity index (χ4n) is 0.918. The molecule has 0 aliphatic rings. The summed E-state index contributed by atoms with van der Waals surface area (Å²) >= 11 is 0.